The number of aliphatic hydroxyl groups is 1. The Balaban J connectivity index is 1.87. The number of hydrogen-bond donors (Lipinski definition) is 2. The van der Waals surface area contributed by atoms with Gasteiger partial charge < -0.3 is 19.8 Å². The molecule has 0 unspecified atom stereocenters. The quantitative estimate of drug-likeness (QED) is 0.496. The maximum atomic E-state index is 14.7. The van der Waals surface area contributed by atoms with Crippen molar-refractivity contribution in [1.29, 1.82) is 10.5 Å². The number of nitriles is 2. The number of piperidine rings is 1. The van der Waals surface area contributed by atoms with Gasteiger partial charge >= 0.3 is 0 Å². The standard InChI is InChI=1S/C28H27FN4O3/c1-28(2,35)17-36-25-9-8-18(13-24(25)34)22-16-32-27(33-10-4-3-5-11-33)21(15-31)26(22)19-6-7-20(14-30)23(29)12-19/h6-9,12-13,16,34-35H,3-5,10-11,17H2,1-2H3. The number of ether oxygens (including phenoxy) is 1. The molecule has 1 aliphatic rings. The normalized spacial score (nSPS) is 13.7. The monoisotopic (exact) mass is 486 g/mol. The Morgan fingerprint density at radius 2 is 1.78 bits per heavy atom. The highest BCUT2D eigenvalue weighted by Crippen LogP contribution is 2.41. The van der Waals surface area contributed by atoms with Crippen LogP contribution in [0.4, 0.5) is 10.2 Å². The second-order valence-corrected chi connectivity index (χ2v) is 9.50. The lowest BCUT2D eigenvalue weighted by atomic mass is 9.91. The molecule has 1 fully saturated rings. The van der Waals surface area contributed by atoms with Gasteiger partial charge in [0, 0.05) is 30.4 Å². The van der Waals surface area contributed by atoms with E-state index in [-0.39, 0.29) is 23.7 Å². The zero-order valence-corrected chi connectivity index (χ0v) is 20.3. The third-order valence-corrected chi connectivity index (χ3v) is 6.06. The summed E-state index contributed by atoms with van der Waals surface area (Å²) < 4.78 is 20.2. The number of phenols is 1. The van der Waals surface area contributed by atoms with Crippen LogP contribution >= 0.6 is 0 Å². The zero-order valence-electron chi connectivity index (χ0n) is 20.3. The van der Waals surface area contributed by atoms with Crippen molar-refractivity contribution >= 4 is 5.82 Å². The van der Waals surface area contributed by atoms with E-state index in [0.717, 1.165) is 32.4 Å². The topological polar surface area (TPSA) is 113 Å². The van der Waals surface area contributed by atoms with Crippen molar-refractivity contribution in [3.63, 3.8) is 0 Å². The second-order valence-electron chi connectivity index (χ2n) is 9.50. The third kappa shape index (κ3) is 5.25. The molecule has 0 radical (unpaired) electrons. The maximum absolute atomic E-state index is 14.7. The van der Waals surface area contributed by atoms with Gasteiger partial charge in [0.05, 0.1) is 11.2 Å². The molecular formula is C28H27FN4O3. The summed E-state index contributed by atoms with van der Waals surface area (Å²) in [7, 11) is 0. The molecule has 0 atom stereocenters. The summed E-state index contributed by atoms with van der Waals surface area (Å²) in [5.41, 5.74) is 1.13. The predicted octanol–water partition coefficient (Wildman–Crippen LogP) is 5.14. The lowest BCUT2D eigenvalue weighted by Crippen LogP contribution is -2.31. The first-order valence-electron chi connectivity index (χ1n) is 11.8. The van der Waals surface area contributed by atoms with Crippen LogP contribution in [0.15, 0.2) is 42.6 Å². The molecule has 7 nitrogen and oxygen atoms in total. The highest BCUT2D eigenvalue weighted by Gasteiger charge is 2.24. The fourth-order valence-electron chi connectivity index (χ4n) is 4.29. The zero-order chi connectivity index (χ0) is 25.9. The van der Waals surface area contributed by atoms with E-state index in [0.29, 0.717) is 33.6 Å². The first-order valence-corrected chi connectivity index (χ1v) is 11.8. The molecule has 0 amide bonds. The van der Waals surface area contributed by atoms with Gasteiger partial charge in [-0.25, -0.2) is 9.37 Å². The predicted molar refractivity (Wildman–Crippen MR) is 134 cm³/mol. The Morgan fingerprint density at radius 1 is 1.06 bits per heavy atom. The molecule has 0 bridgehead atoms. The minimum absolute atomic E-state index is 0.0135. The summed E-state index contributed by atoms with van der Waals surface area (Å²) >= 11 is 0. The van der Waals surface area contributed by atoms with Crippen molar-refractivity contribution in [3.05, 3.63) is 59.5 Å². The number of phenolic OH excluding ortho intramolecular Hbond substituents is 1. The van der Waals surface area contributed by atoms with E-state index >= 15 is 0 Å². The summed E-state index contributed by atoms with van der Waals surface area (Å²) in [5, 5.41) is 39.9. The molecule has 1 aromatic heterocycles. The number of aromatic hydroxyl groups is 1. The first-order chi connectivity index (χ1) is 17.2. The maximum Gasteiger partial charge on any atom is 0.161 e. The van der Waals surface area contributed by atoms with E-state index < -0.39 is 11.4 Å². The van der Waals surface area contributed by atoms with E-state index in [2.05, 4.69) is 16.0 Å². The first kappa shape index (κ1) is 25.0. The van der Waals surface area contributed by atoms with Crippen molar-refractivity contribution < 1.29 is 19.3 Å². The summed E-state index contributed by atoms with van der Waals surface area (Å²) in [6.45, 7) is 4.73. The summed E-state index contributed by atoms with van der Waals surface area (Å²) in [5.74, 6) is -0.0907. The van der Waals surface area contributed by atoms with Crippen LogP contribution in [0.3, 0.4) is 0 Å². The molecule has 184 valence electrons. The molecule has 0 aliphatic carbocycles. The molecule has 1 saturated heterocycles. The van der Waals surface area contributed by atoms with Gasteiger partial charge in [-0.15, -0.1) is 0 Å². The van der Waals surface area contributed by atoms with E-state index in [1.807, 2.05) is 6.07 Å². The van der Waals surface area contributed by atoms with Crippen LogP contribution in [0, 0.1) is 28.5 Å². The van der Waals surface area contributed by atoms with Crippen molar-refractivity contribution in [2.24, 2.45) is 0 Å². The Morgan fingerprint density at radius 3 is 2.39 bits per heavy atom. The molecule has 0 spiro atoms. The largest absolute Gasteiger partial charge is 0.504 e. The Hall–Kier alpha value is -4.14. The van der Waals surface area contributed by atoms with Gasteiger partial charge in [-0.3, -0.25) is 0 Å². The lowest BCUT2D eigenvalue weighted by molar-refractivity contribution is 0.0277. The molecule has 0 saturated carbocycles. The van der Waals surface area contributed by atoms with Gasteiger partial charge in [0.2, 0.25) is 0 Å². The number of hydrogen-bond acceptors (Lipinski definition) is 7. The van der Waals surface area contributed by atoms with Crippen LogP contribution in [0.2, 0.25) is 0 Å². The van der Waals surface area contributed by atoms with Crippen LogP contribution in [0.25, 0.3) is 22.3 Å². The number of halogens is 1. The van der Waals surface area contributed by atoms with Crippen molar-refractivity contribution in [1.82, 2.24) is 4.98 Å². The van der Waals surface area contributed by atoms with Gasteiger partial charge in [-0.1, -0.05) is 12.1 Å². The number of nitrogens with zero attached hydrogens (tertiary/aromatic N) is 4. The van der Waals surface area contributed by atoms with Crippen LogP contribution in [-0.2, 0) is 0 Å². The molecule has 8 heteroatoms. The van der Waals surface area contributed by atoms with Crippen LogP contribution < -0.4 is 9.64 Å². The summed E-state index contributed by atoms with van der Waals surface area (Å²) in [4.78, 5) is 6.69. The van der Waals surface area contributed by atoms with Gasteiger partial charge in [0.1, 0.15) is 35.9 Å². The molecule has 4 rings (SSSR count). The number of rotatable bonds is 6. The van der Waals surface area contributed by atoms with Crippen LogP contribution in [-0.4, -0.2) is 40.5 Å². The van der Waals surface area contributed by atoms with E-state index in [4.69, 9.17) is 10.00 Å². The van der Waals surface area contributed by atoms with Crippen molar-refractivity contribution in [2.45, 2.75) is 38.7 Å². The lowest BCUT2D eigenvalue weighted by Gasteiger charge is -2.29. The molecule has 1 aliphatic heterocycles. The Labute approximate surface area is 209 Å². The second kappa shape index (κ2) is 10.2. The summed E-state index contributed by atoms with van der Waals surface area (Å²) in [6.07, 6.45) is 4.73. The van der Waals surface area contributed by atoms with Crippen molar-refractivity contribution in [3.8, 4) is 45.9 Å². The van der Waals surface area contributed by atoms with Crippen molar-refractivity contribution in [2.75, 3.05) is 24.6 Å². The minimum Gasteiger partial charge on any atom is -0.504 e. The van der Waals surface area contributed by atoms with E-state index in [9.17, 15) is 19.9 Å². The van der Waals surface area contributed by atoms with Gasteiger partial charge in [-0.05, 0) is 68.5 Å². The number of pyridine rings is 1. The Bertz CT molecular complexity index is 1360. The summed E-state index contributed by atoms with van der Waals surface area (Å²) in [6, 6.07) is 13.1. The van der Waals surface area contributed by atoms with Gasteiger partial charge in [-0.2, -0.15) is 10.5 Å². The molecular weight excluding hydrogens is 459 g/mol. The number of aromatic nitrogens is 1. The van der Waals surface area contributed by atoms with E-state index in [1.54, 1.807) is 38.2 Å². The molecule has 2 aromatic carbocycles. The van der Waals surface area contributed by atoms with Gasteiger partial charge in [0.15, 0.2) is 11.5 Å². The minimum atomic E-state index is -1.08. The number of anilines is 1. The highest BCUT2D eigenvalue weighted by atomic mass is 19.1. The fourth-order valence-corrected chi connectivity index (χ4v) is 4.29. The third-order valence-electron chi connectivity index (χ3n) is 6.06. The molecule has 2 N–H and O–H groups in total. The average Bonchev–Trinajstić information content (AvgIpc) is 2.87. The number of benzene rings is 2. The van der Waals surface area contributed by atoms with Gasteiger partial charge in [0.25, 0.3) is 0 Å². The van der Waals surface area contributed by atoms with Crippen LogP contribution in [0.1, 0.15) is 44.2 Å². The smallest absolute Gasteiger partial charge is 0.161 e. The molecule has 3 aromatic rings. The molecule has 36 heavy (non-hydrogen) atoms. The van der Waals surface area contributed by atoms with E-state index in [1.165, 1.54) is 18.2 Å². The SMILES string of the molecule is CC(C)(O)COc1ccc(-c2cnc(N3CCCCC3)c(C#N)c2-c2ccc(C#N)c(F)c2)cc1O. The Kier molecular flexibility index (Phi) is 7.10. The average molecular weight is 487 g/mol. The molecule has 2 heterocycles. The fraction of sp³-hybridized carbons (Fsp3) is 0.321. The van der Waals surface area contributed by atoms with Crippen LogP contribution in [0.5, 0.6) is 11.5 Å². The highest BCUT2D eigenvalue weighted by molar-refractivity contribution is 5.90.